The highest BCUT2D eigenvalue weighted by Gasteiger charge is 2.17. The minimum Gasteiger partial charge on any atom is -0.283 e. The molecule has 0 aliphatic rings. The van der Waals surface area contributed by atoms with Crippen molar-refractivity contribution in [2.75, 3.05) is 23.1 Å². The second kappa shape index (κ2) is 9.65. The molecule has 5 nitrogen and oxygen atoms in total. The molecule has 0 saturated carbocycles. The number of thioether (sulfide) groups is 2. The van der Waals surface area contributed by atoms with Crippen molar-refractivity contribution in [3.63, 3.8) is 0 Å². The molecular formula is C21H18N4OS4. The average Bonchev–Trinajstić information content (AvgIpc) is 3.38. The van der Waals surface area contributed by atoms with E-state index in [1.807, 2.05) is 73.2 Å². The fraction of sp³-hybridized carbons (Fsp3) is 0.0952. The van der Waals surface area contributed by atoms with Crippen molar-refractivity contribution < 1.29 is 4.79 Å². The lowest BCUT2D eigenvalue weighted by Gasteiger charge is -2.01. The molecule has 0 bridgehead atoms. The standard InChI is InChI=1S/C21H18N4OS4/c1-27-17-15(13-9-5-3-6-10-13)22-20(29-17)24-19(26)25-21-23-16(18(28-2)30-21)14-11-7-4-8-12-14/h3-12H,1-2H3,(H2,22,23,24,25,26). The van der Waals surface area contributed by atoms with E-state index >= 15 is 0 Å². The Morgan fingerprint density at radius 1 is 0.733 bits per heavy atom. The number of aromatic nitrogens is 2. The number of nitrogens with zero attached hydrogens (tertiary/aromatic N) is 2. The normalized spacial score (nSPS) is 10.7. The van der Waals surface area contributed by atoms with Gasteiger partial charge in [0.25, 0.3) is 0 Å². The number of rotatable bonds is 6. The zero-order valence-corrected chi connectivity index (χ0v) is 19.5. The quantitative estimate of drug-likeness (QED) is 0.296. The molecule has 4 aromatic rings. The number of hydrogen-bond donors (Lipinski definition) is 2. The summed E-state index contributed by atoms with van der Waals surface area (Å²) in [7, 11) is 0. The molecule has 4 rings (SSSR count). The number of carbonyl (C=O) groups is 1. The molecule has 30 heavy (non-hydrogen) atoms. The van der Waals surface area contributed by atoms with E-state index in [0.29, 0.717) is 10.3 Å². The number of amides is 2. The van der Waals surface area contributed by atoms with Crippen LogP contribution in [-0.2, 0) is 0 Å². The third-order valence-electron chi connectivity index (χ3n) is 4.10. The lowest BCUT2D eigenvalue weighted by Crippen LogP contribution is -2.19. The second-order valence-electron chi connectivity index (χ2n) is 6.03. The molecule has 152 valence electrons. The summed E-state index contributed by atoms with van der Waals surface area (Å²) in [5.74, 6) is 0. The van der Waals surface area contributed by atoms with Crippen LogP contribution in [0.2, 0.25) is 0 Å². The molecule has 0 radical (unpaired) electrons. The van der Waals surface area contributed by atoms with Gasteiger partial charge in [0.15, 0.2) is 10.3 Å². The Morgan fingerprint density at radius 3 is 1.50 bits per heavy atom. The lowest BCUT2D eigenvalue weighted by atomic mass is 10.2. The third kappa shape index (κ3) is 4.70. The fourth-order valence-electron chi connectivity index (χ4n) is 2.78. The van der Waals surface area contributed by atoms with E-state index in [9.17, 15) is 4.79 Å². The summed E-state index contributed by atoms with van der Waals surface area (Å²) in [5.41, 5.74) is 3.83. The highest BCUT2D eigenvalue weighted by molar-refractivity contribution is 8.00. The zero-order valence-electron chi connectivity index (χ0n) is 16.2. The van der Waals surface area contributed by atoms with Crippen LogP contribution in [0.1, 0.15) is 0 Å². The number of nitrogens with one attached hydrogen (secondary N) is 2. The summed E-state index contributed by atoms with van der Waals surface area (Å²) in [6, 6.07) is 19.6. The Morgan fingerprint density at radius 2 is 1.13 bits per heavy atom. The van der Waals surface area contributed by atoms with E-state index in [2.05, 4.69) is 20.6 Å². The highest BCUT2D eigenvalue weighted by Crippen LogP contribution is 2.38. The van der Waals surface area contributed by atoms with Gasteiger partial charge in [0.05, 0.1) is 19.8 Å². The molecular weight excluding hydrogens is 453 g/mol. The SMILES string of the molecule is CSc1sc(NC(=O)Nc2nc(-c3ccccc3)c(SC)s2)nc1-c1ccccc1. The Kier molecular flexibility index (Phi) is 6.73. The summed E-state index contributed by atoms with van der Waals surface area (Å²) in [5, 5.41) is 6.80. The van der Waals surface area contributed by atoms with Gasteiger partial charge in [-0.05, 0) is 12.5 Å². The largest absolute Gasteiger partial charge is 0.327 e. The highest BCUT2D eigenvalue weighted by atomic mass is 32.2. The van der Waals surface area contributed by atoms with Crippen LogP contribution >= 0.6 is 46.2 Å². The Balaban J connectivity index is 1.51. The molecule has 0 aliphatic carbocycles. The Bertz CT molecular complexity index is 1050. The summed E-state index contributed by atoms with van der Waals surface area (Å²) in [6.45, 7) is 0. The third-order valence-corrected chi connectivity index (χ3v) is 8.26. The average molecular weight is 471 g/mol. The minimum atomic E-state index is -0.350. The van der Waals surface area contributed by atoms with Crippen molar-refractivity contribution in [1.82, 2.24) is 9.97 Å². The van der Waals surface area contributed by atoms with E-state index in [0.717, 1.165) is 30.9 Å². The monoisotopic (exact) mass is 470 g/mol. The second-order valence-corrected chi connectivity index (χ2v) is 10.2. The van der Waals surface area contributed by atoms with Crippen molar-refractivity contribution in [3.05, 3.63) is 60.7 Å². The van der Waals surface area contributed by atoms with Crippen molar-refractivity contribution in [1.29, 1.82) is 0 Å². The fourth-order valence-corrected chi connectivity index (χ4v) is 6.07. The van der Waals surface area contributed by atoms with Gasteiger partial charge in [-0.1, -0.05) is 83.3 Å². The van der Waals surface area contributed by atoms with E-state index in [-0.39, 0.29) is 6.03 Å². The molecule has 0 fully saturated rings. The molecule has 2 N–H and O–H groups in total. The van der Waals surface area contributed by atoms with Gasteiger partial charge in [-0.3, -0.25) is 10.6 Å². The molecule has 0 atom stereocenters. The molecule has 0 saturated heterocycles. The van der Waals surface area contributed by atoms with Crippen LogP contribution in [0.25, 0.3) is 22.5 Å². The van der Waals surface area contributed by atoms with Gasteiger partial charge in [-0.25, -0.2) is 14.8 Å². The maximum atomic E-state index is 12.6. The molecule has 2 amide bonds. The molecule has 0 spiro atoms. The first-order valence-electron chi connectivity index (χ1n) is 8.96. The van der Waals surface area contributed by atoms with Crippen molar-refractivity contribution in [3.8, 4) is 22.5 Å². The maximum absolute atomic E-state index is 12.6. The molecule has 0 unspecified atom stereocenters. The smallest absolute Gasteiger partial charge is 0.283 e. The van der Waals surface area contributed by atoms with Crippen LogP contribution in [0.4, 0.5) is 15.1 Å². The predicted molar refractivity (Wildman–Crippen MR) is 131 cm³/mol. The number of hydrogen-bond acceptors (Lipinski definition) is 7. The van der Waals surface area contributed by atoms with Crippen LogP contribution in [0.3, 0.4) is 0 Å². The van der Waals surface area contributed by atoms with Crippen LogP contribution in [0.15, 0.2) is 69.1 Å². The number of anilines is 2. The summed E-state index contributed by atoms with van der Waals surface area (Å²) >= 11 is 6.16. The number of urea groups is 1. The Labute approximate surface area is 191 Å². The minimum absolute atomic E-state index is 0.350. The molecule has 2 aromatic heterocycles. The Hall–Kier alpha value is -2.33. The van der Waals surface area contributed by atoms with Crippen molar-refractivity contribution in [2.24, 2.45) is 0 Å². The molecule has 2 aromatic carbocycles. The van der Waals surface area contributed by atoms with Gasteiger partial charge in [0, 0.05) is 11.1 Å². The first-order chi connectivity index (χ1) is 14.7. The molecule has 2 heterocycles. The van der Waals surface area contributed by atoms with Gasteiger partial charge < -0.3 is 0 Å². The number of benzene rings is 2. The number of thiazole rings is 2. The van der Waals surface area contributed by atoms with Crippen molar-refractivity contribution in [2.45, 2.75) is 8.42 Å². The first kappa shape index (κ1) is 20.9. The van der Waals surface area contributed by atoms with Crippen LogP contribution in [0, 0.1) is 0 Å². The van der Waals surface area contributed by atoms with E-state index < -0.39 is 0 Å². The van der Waals surface area contributed by atoms with Crippen LogP contribution in [-0.4, -0.2) is 28.5 Å². The zero-order chi connectivity index (χ0) is 20.9. The van der Waals surface area contributed by atoms with Gasteiger partial charge in [-0.15, -0.1) is 23.5 Å². The van der Waals surface area contributed by atoms with Crippen LogP contribution < -0.4 is 10.6 Å². The maximum Gasteiger partial charge on any atom is 0.327 e. The van der Waals surface area contributed by atoms with Gasteiger partial charge >= 0.3 is 6.03 Å². The van der Waals surface area contributed by atoms with Gasteiger partial charge in [0.2, 0.25) is 0 Å². The van der Waals surface area contributed by atoms with Crippen molar-refractivity contribution >= 4 is 62.5 Å². The molecule has 9 heteroatoms. The predicted octanol–water partition coefficient (Wildman–Crippen LogP) is 7.02. The van der Waals surface area contributed by atoms with E-state index in [4.69, 9.17) is 0 Å². The summed E-state index contributed by atoms with van der Waals surface area (Å²) in [6.07, 6.45) is 4.02. The summed E-state index contributed by atoms with van der Waals surface area (Å²) < 4.78 is 2.11. The molecule has 0 aliphatic heterocycles. The van der Waals surface area contributed by atoms with E-state index in [1.54, 1.807) is 23.5 Å². The lowest BCUT2D eigenvalue weighted by molar-refractivity contribution is 0.262. The van der Waals surface area contributed by atoms with Gasteiger partial charge in [0.1, 0.15) is 0 Å². The summed E-state index contributed by atoms with van der Waals surface area (Å²) in [4.78, 5) is 21.8. The topological polar surface area (TPSA) is 66.9 Å². The first-order valence-corrected chi connectivity index (χ1v) is 13.0. The van der Waals surface area contributed by atoms with Gasteiger partial charge in [-0.2, -0.15) is 0 Å². The van der Waals surface area contributed by atoms with E-state index in [1.165, 1.54) is 22.7 Å². The number of carbonyl (C=O) groups excluding carboxylic acids is 1. The van der Waals surface area contributed by atoms with Crippen LogP contribution in [0.5, 0.6) is 0 Å².